The molecule has 1 amide bonds. The van der Waals surface area contributed by atoms with Gasteiger partial charge in [-0.2, -0.15) is 12.7 Å². The van der Waals surface area contributed by atoms with Crippen molar-refractivity contribution in [2.24, 2.45) is 0 Å². The average molecular weight is 517 g/mol. The molecule has 36 heavy (non-hydrogen) atoms. The largest absolute Gasteiger partial charge is 0.436 e. The van der Waals surface area contributed by atoms with Gasteiger partial charge in [-0.25, -0.2) is 18.6 Å². The molecular weight excluding hydrogens is 494 g/mol. The molecule has 0 bridgehead atoms. The van der Waals surface area contributed by atoms with Crippen LogP contribution in [0.5, 0.6) is 17.4 Å². The summed E-state index contributed by atoms with van der Waals surface area (Å²) in [7, 11) is -2.52. The maximum atomic E-state index is 15.4. The number of carbonyl (C=O) groups excluding carboxylic acids is 1. The maximum absolute atomic E-state index is 15.4. The van der Waals surface area contributed by atoms with Crippen LogP contribution in [0.1, 0.15) is 17.5 Å². The quantitative estimate of drug-likeness (QED) is 0.471. The second-order valence-electron chi connectivity index (χ2n) is 8.36. The SMILES string of the molecule is CN(c1cccc(CN2Cc3ccc(Oc4ncccc4F)cc3OC2=O)c1F)S(=O)(=O)N1CCC1. The first-order chi connectivity index (χ1) is 17.2. The molecule has 0 N–H and O–H groups in total. The minimum atomic E-state index is -3.83. The molecular formula is C24H22F2N4O5S. The van der Waals surface area contributed by atoms with Gasteiger partial charge in [0.1, 0.15) is 11.5 Å². The molecule has 2 aromatic carbocycles. The Bertz CT molecular complexity index is 1430. The summed E-state index contributed by atoms with van der Waals surface area (Å²) in [6, 6.07) is 11.8. The second-order valence-corrected chi connectivity index (χ2v) is 10.3. The third-order valence-corrected chi connectivity index (χ3v) is 7.95. The van der Waals surface area contributed by atoms with Crippen molar-refractivity contribution in [2.75, 3.05) is 24.4 Å². The Morgan fingerprint density at radius 1 is 1.14 bits per heavy atom. The first-order valence-electron chi connectivity index (χ1n) is 11.1. The summed E-state index contributed by atoms with van der Waals surface area (Å²) in [5.74, 6) is -1.11. The van der Waals surface area contributed by atoms with E-state index in [9.17, 15) is 17.6 Å². The number of fused-ring (bicyclic) bond motifs is 1. The Morgan fingerprint density at radius 2 is 1.94 bits per heavy atom. The monoisotopic (exact) mass is 516 g/mol. The van der Waals surface area contributed by atoms with Crippen molar-refractivity contribution in [3.05, 3.63) is 77.5 Å². The van der Waals surface area contributed by atoms with E-state index in [2.05, 4.69) is 4.98 Å². The van der Waals surface area contributed by atoms with E-state index < -0.39 is 27.9 Å². The van der Waals surface area contributed by atoms with E-state index in [0.29, 0.717) is 18.7 Å². The summed E-state index contributed by atoms with van der Waals surface area (Å²) in [5, 5.41) is 0. The van der Waals surface area contributed by atoms with Gasteiger partial charge in [0, 0.05) is 43.5 Å². The minimum absolute atomic E-state index is 0.103. The van der Waals surface area contributed by atoms with Crippen LogP contribution in [0, 0.1) is 11.6 Å². The minimum Gasteiger partial charge on any atom is -0.436 e. The van der Waals surface area contributed by atoms with E-state index in [0.717, 1.165) is 10.7 Å². The number of halogens is 2. The number of rotatable bonds is 7. The fourth-order valence-electron chi connectivity index (χ4n) is 3.88. The van der Waals surface area contributed by atoms with E-state index in [-0.39, 0.29) is 41.7 Å². The van der Waals surface area contributed by atoms with Gasteiger partial charge in [-0.1, -0.05) is 12.1 Å². The van der Waals surface area contributed by atoms with Crippen LogP contribution in [-0.4, -0.2) is 48.8 Å². The fraction of sp³-hybridized carbons (Fsp3) is 0.250. The van der Waals surface area contributed by atoms with E-state index in [1.165, 1.54) is 52.8 Å². The first-order valence-corrected chi connectivity index (χ1v) is 12.5. The molecule has 0 spiro atoms. The number of benzene rings is 2. The number of carbonyl (C=O) groups is 1. The van der Waals surface area contributed by atoms with E-state index >= 15 is 4.39 Å². The van der Waals surface area contributed by atoms with Gasteiger partial charge in [-0.3, -0.25) is 9.21 Å². The number of nitrogens with zero attached hydrogens (tertiary/aromatic N) is 4. The lowest BCUT2D eigenvalue weighted by molar-refractivity contribution is 0.134. The number of hydrogen-bond acceptors (Lipinski definition) is 6. The lowest BCUT2D eigenvalue weighted by Gasteiger charge is -2.34. The van der Waals surface area contributed by atoms with Gasteiger partial charge in [0.15, 0.2) is 11.6 Å². The highest BCUT2D eigenvalue weighted by atomic mass is 32.2. The number of ether oxygens (including phenoxy) is 2. The highest BCUT2D eigenvalue weighted by molar-refractivity contribution is 7.90. The lowest BCUT2D eigenvalue weighted by Crippen LogP contribution is -2.49. The Kier molecular flexibility index (Phi) is 6.22. The maximum Gasteiger partial charge on any atom is 0.415 e. The van der Waals surface area contributed by atoms with Crippen molar-refractivity contribution < 1.29 is 31.5 Å². The van der Waals surface area contributed by atoms with Crippen LogP contribution in [0.15, 0.2) is 54.7 Å². The zero-order valence-electron chi connectivity index (χ0n) is 19.2. The van der Waals surface area contributed by atoms with Crippen molar-refractivity contribution in [1.29, 1.82) is 0 Å². The van der Waals surface area contributed by atoms with Crippen LogP contribution in [0.25, 0.3) is 0 Å². The molecule has 0 unspecified atom stereocenters. The molecule has 0 saturated carbocycles. The van der Waals surface area contributed by atoms with E-state index in [4.69, 9.17) is 9.47 Å². The predicted octanol–water partition coefficient (Wildman–Crippen LogP) is 4.05. The molecule has 1 fully saturated rings. The van der Waals surface area contributed by atoms with E-state index in [1.807, 2.05) is 0 Å². The molecule has 5 rings (SSSR count). The molecule has 0 atom stereocenters. The molecule has 12 heteroatoms. The normalized spacial score (nSPS) is 15.6. The molecule has 188 valence electrons. The lowest BCUT2D eigenvalue weighted by atomic mass is 10.1. The van der Waals surface area contributed by atoms with Crippen molar-refractivity contribution in [3.63, 3.8) is 0 Å². The molecule has 0 aliphatic carbocycles. The summed E-state index contributed by atoms with van der Waals surface area (Å²) >= 11 is 0. The molecule has 3 aromatic rings. The molecule has 3 heterocycles. The van der Waals surface area contributed by atoms with Crippen LogP contribution in [-0.2, 0) is 23.3 Å². The summed E-state index contributed by atoms with van der Waals surface area (Å²) in [5.41, 5.74) is 0.676. The average Bonchev–Trinajstić information content (AvgIpc) is 2.80. The molecule has 1 saturated heterocycles. The Labute approximate surface area is 206 Å². The van der Waals surface area contributed by atoms with Gasteiger partial charge in [0.2, 0.25) is 0 Å². The van der Waals surface area contributed by atoms with Crippen molar-refractivity contribution in [3.8, 4) is 17.4 Å². The van der Waals surface area contributed by atoms with Crippen LogP contribution < -0.4 is 13.8 Å². The highest BCUT2D eigenvalue weighted by Gasteiger charge is 2.33. The van der Waals surface area contributed by atoms with Gasteiger partial charge in [-0.15, -0.1) is 0 Å². The van der Waals surface area contributed by atoms with Crippen LogP contribution in [0.3, 0.4) is 0 Å². The second kappa shape index (κ2) is 9.36. The summed E-state index contributed by atoms with van der Waals surface area (Å²) < 4.78 is 67.6. The summed E-state index contributed by atoms with van der Waals surface area (Å²) in [4.78, 5) is 17.8. The summed E-state index contributed by atoms with van der Waals surface area (Å²) in [6.07, 6.45) is 1.44. The van der Waals surface area contributed by atoms with Gasteiger partial charge in [0.05, 0.1) is 18.8 Å². The Hall–Kier alpha value is -3.77. The molecule has 2 aliphatic rings. The van der Waals surface area contributed by atoms with Gasteiger partial charge < -0.3 is 9.47 Å². The number of pyridine rings is 1. The van der Waals surface area contributed by atoms with Crippen LogP contribution >= 0.6 is 0 Å². The number of hydrogen-bond donors (Lipinski definition) is 0. The Balaban J connectivity index is 1.33. The summed E-state index contributed by atoms with van der Waals surface area (Å²) in [6.45, 7) is 0.790. The first kappa shape index (κ1) is 23.9. The fourth-order valence-corrected chi connectivity index (χ4v) is 5.34. The van der Waals surface area contributed by atoms with Gasteiger partial charge >= 0.3 is 16.3 Å². The topological polar surface area (TPSA) is 92.3 Å². The van der Waals surface area contributed by atoms with Crippen molar-refractivity contribution in [2.45, 2.75) is 19.5 Å². The van der Waals surface area contributed by atoms with Gasteiger partial charge in [-0.05, 0) is 36.8 Å². The molecule has 2 aliphatic heterocycles. The smallest absolute Gasteiger partial charge is 0.415 e. The van der Waals surface area contributed by atoms with Crippen molar-refractivity contribution >= 4 is 22.0 Å². The number of aromatic nitrogens is 1. The zero-order chi connectivity index (χ0) is 25.4. The predicted molar refractivity (Wildman–Crippen MR) is 126 cm³/mol. The van der Waals surface area contributed by atoms with Crippen LogP contribution in [0.4, 0.5) is 19.3 Å². The standard InChI is InChI=1S/C24H22F2N4O5S/c1-28(36(32,33)30-11-4-12-30)20-7-2-5-17(22(20)26)15-29-14-16-8-9-18(13-21(16)35-24(29)31)34-23-19(25)6-3-10-27-23/h2-3,5-10,13H,4,11-12,14-15H2,1H3. The highest BCUT2D eigenvalue weighted by Crippen LogP contribution is 2.34. The third-order valence-electron chi connectivity index (χ3n) is 6.04. The van der Waals surface area contributed by atoms with Gasteiger partial charge in [0.25, 0.3) is 5.88 Å². The third kappa shape index (κ3) is 4.44. The number of amides is 1. The zero-order valence-corrected chi connectivity index (χ0v) is 20.0. The van der Waals surface area contributed by atoms with E-state index in [1.54, 1.807) is 18.2 Å². The van der Waals surface area contributed by atoms with Crippen LogP contribution in [0.2, 0.25) is 0 Å². The molecule has 1 aromatic heterocycles. The molecule has 0 radical (unpaired) electrons. The Morgan fingerprint density at radius 3 is 2.67 bits per heavy atom. The van der Waals surface area contributed by atoms with Crippen molar-refractivity contribution in [1.82, 2.24) is 14.2 Å². The molecule has 9 nitrogen and oxygen atoms in total. The number of anilines is 1.